The number of hydrogen-bond donors (Lipinski definition) is 1. The number of hydrogen-bond acceptors (Lipinski definition) is 3. The summed E-state index contributed by atoms with van der Waals surface area (Å²) in [4.78, 5) is 12.0. The van der Waals surface area contributed by atoms with E-state index in [9.17, 15) is 4.79 Å². The zero-order valence-electron chi connectivity index (χ0n) is 9.84. The van der Waals surface area contributed by atoms with E-state index in [0.717, 1.165) is 11.1 Å². The molecule has 0 amide bonds. The standard InChI is InChI=1S/C13H14ClNO2/c1-7-5-11-12(8(2)13(7)14)10(16)6-9(17-11)3-4-15/h5-6H,3-4,15H2,1-2H3. The first-order chi connectivity index (χ1) is 8.04. The quantitative estimate of drug-likeness (QED) is 0.893. The molecular formula is C13H14ClNO2. The Balaban J connectivity index is 2.82. The highest BCUT2D eigenvalue weighted by atomic mass is 35.5. The zero-order valence-corrected chi connectivity index (χ0v) is 10.6. The number of aryl methyl sites for hydroxylation is 2. The SMILES string of the molecule is Cc1cc2oc(CCN)cc(=O)c2c(C)c1Cl. The van der Waals surface area contributed by atoms with Gasteiger partial charge in [0.15, 0.2) is 5.43 Å². The van der Waals surface area contributed by atoms with Crippen molar-refractivity contribution >= 4 is 22.6 Å². The lowest BCUT2D eigenvalue weighted by molar-refractivity contribution is 0.536. The van der Waals surface area contributed by atoms with Crippen LogP contribution in [0.15, 0.2) is 21.3 Å². The Kier molecular flexibility index (Phi) is 3.22. The molecule has 4 heteroatoms. The summed E-state index contributed by atoms with van der Waals surface area (Å²) >= 11 is 6.13. The predicted octanol–water partition coefficient (Wildman–Crippen LogP) is 2.56. The van der Waals surface area contributed by atoms with Crippen LogP contribution in [0.5, 0.6) is 0 Å². The van der Waals surface area contributed by atoms with Crippen LogP contribution in [0.2, 0.25) is 5.02 Å². The van der Waals surface area contributed by atoms with Crippen molar-refractivity contribution in [2.45, 2.75) is 20.3 Å². The molecule has 0 bridgehead atoms. The van der Waals surface area contributed by atoms with Crippen molar-refractivity contribution < 1.29 is 4.42 Å². The average molecular weight is 252 g/mol. The van der Waals surface area contributed by atoms with Gasteiger partial charge in [0.1, 0.15) is 11.3 Å². The van der Waals surface area contributed by atoms with Gasteiger partial charge < -0.3 is 10.2 Å². The van der Waals surface area contributed by atoms with Gasteiger partial charge in [-0.15, -0.1) is 0 Å². The smallest absolute Gasteiger partial charge is 0.193 e. The Bertz CT molecular complexity index is 631. The molecule has 1 aromatic carbocycles. The van der Waals surface area contributed by atoms with Crippen LogP contribution >= 0.6 is 11.6 Å². The minimum absolute atomic E-state index is 0.0610. The van der Waals surface area contributed by atoms with Crippen LogP contribution < -0.4 is 11.2 Å². The van der Waals surface area contributed by atoms with E-state index in [1.54, 1.807) is 6.07 Å². The molecule has 0 atom stereocenters. The van der Waals surface area contributed by atoms with Crippen molar-refractivity contribution in [3.8, 4) is 0 Å². The maximum atomic E-state index is 12.0. The van der Waals surface area contributed by atoms with Gasteiger partial charge in [-0.05, 0) is 37.6 Å². The topological polar surface area (TPSA) is 56.2 Å². The summed E-state index contributed by atoms with van der Waals surface area (Å²) in [6.45, 7) is 4.18. The van der Waals surface area contributed by atoms with Gasteiger partial charge in [-0.1, -0.05) is 11.6 Å². The summed E-state index contributed by atoms with van der Waals surface area (Å²) in [5.41, 5.74) is 7.66. The first kappa shape index (κ1) is 12.1. The van der Waals surface area contributed by atoms with E-state index in [2.05, 4.69) is 0 Å². The van der Waals surface area contributed by atoms with Crippen LogP contribution in [0.4, 0.5) is 0 Å². The van der Waals surface area contributed by atoms with E-state index in [-0.39, 0.29) is 5.43 Å². The second-order valence-electron chi connectivity index (χ2n) is 4.12. The van der Waals surface area contributed by atoms with Crippen LogP contribution in [0.3, 0.4) is 0 Å². The minimum Gasteiger partial charge on any atom is -0.461 e. The van der Waals surface area contributed by atoms with Gasteiger partial charge >= 0.3 is 0 Å². The van der Waals surface area contributed by atoms with E-state index in [0.29, 0.717) is 34.7 Å². The number of benzene rings is 1. The van der Waals surface area contributed by atoms with Gasteiger partial charge in [0.25, 0.3) is 0 Å². The van der Waals surface area contributed by atoms with Crippen molar-refractivity contribution in [3.05, 3.63) is 44.3 Å². The number of halogens is 1. The Morgan fingerprint density at radius 3 is 2.71 bits per heavy atom. The third-order valence-corrected chi connectivity index (χ3v) is 3.40. The van der Waals surface area contributed by atoms with Crippen molar-refractivity contribution in [1.82, 2.24) is 0 Å². The Labute approximate surface area is 104 Å². The van der Waals surface area contributed by atoms with Gasteiger partial charge in [-0.3, -0.25) is 4.79 Å². The highest BCUT2D eigenvalue weighted by molar-refractivity contribution is 6.33. The van der Waals surface area contributed by atoms with Crippen LogP contribution in [0.1, 0.15) is 16.9 Å². The second-order valence-corrected chi connectivity index (χ2v) is 4.50. The second kappa shape index (κ2) is 4.51. The van der Waals surface area contributed by atoms with Gasteiger partial charge in [-0.2, -0.15) is 0 Å². The lowest BCUT2D eigenvalue weighted by atomic mass is 10.1. The van der Waals surface area contributed by atoms with E-state index >= 15 is 0 Å². The third kappa shape index (κ3) is 2.08. The normalized spacial score (nSPS) is 11.1. The molecule has 2 aromatic rings. The van der Waals surface area contributed by atoms with Gasteiger partial charge in [-0.25, -0.2) is 0 Å². The minimum atomic E-state index is -0.0610. The molecule has 2 rings (SSSR count). The maximum Gasteiger partial charge on any atom is 0.193 e. The highest BCUT2D eigenvalue weighted by Crippen LogP contribution is 2.27. The maximum absolute atomic E-state index is 12.0. The lowest BCUT2D eigenvalue weighted by Crippen LogP contribution is -2.08. The third-order valence-electron chi connectivity index (χ3n) is 2.81. The van der Waals surface area contributed by atoms with E-state index in [1.807, 2.05) is 13.8 Å². The summed E-state index contributed by atoms with van der Waals surface area (Å²) in [6, 6.07) is 3.29. The fourth-order valence-corrected chi connectivity index (χ4v) is 2.11. The predicted molar refractivity (Wildman–Crippen MR) is 69.7 cm³/mol. The highest BCUT2D eigenvalue weighted by Gasteiger charge is 2.11. The van der Waals surface area contributed by atoms with Crippen molar-refractivity contribution in [2.75, 3.05) is 6.54 Å². The molecule has 17 heavy (non-hydrogen) atoms. The van der Waals surface area contributed by atoms with Crippen molar-refractivity contribution in [3.63, 3.8) is 0 Å². The first-order valence-corrected chi connectivity index (χ1v) is 5.85. The molecule has 0 fully saturated rings. The molecular weight excluding hydrogens is 238 g/mol. The lowest BCUT2D eigenvalue weighted by Gasteiger charge is -2.08. The molecule has 0 unspecified atom stereocenters. The molecule has 2 N–H and O–H groups in total. The van der Waals surface area contributed by atoms with E-state index < -0.39 is 0 Å². The Hall–Kier alpha value is -1.32. The molecule has 0 aliphatic rings. The molecule has 0 aliphatic heterocycles. The molecule has 0 radical (unpaired) electrons. The van der Waals surface area contributed by atoms with Crippen LogP contribution in [0, 0.1) is 13.8 Å². The summed E-state index contributed by atoms with van der Waals surface area (Å²) in [5.74, 6) is 0.617. The molecule has 1 aromatic heterocycles. The molecule has 0 aliphatic carbocycles. The molecule has 1 heterocycles. The molecule has 90 valence electrons. The summed E-state index contributed by atoms with van der Waals surface area (Å²) < 4.78 is 5.66. The first-order valence-electron chi connectivity index (χ1n) is 5.47. The molecule has 0 saturated heterocycles. The van der Waals surface area contributed by atoms with E-state index in [1.165, 1.54) is 6.07 Å². The average Bonchev–Trinajstić information content (AvgIpc) is 2.25. The number of fused-ring (bicyclic) bond motifs is 1. The summed E-state index contributed by atoms with van der Waals surface area (Å²) in [5, 5.41) is 1.18. The van der Waals surface area contributed by atoms with Crippen molar-refractivity contribution in [1.29, 1.82) is 0 Å². The van der Waals surface area contributed by atoms with Gasteiger partial charge in [0.05, 0.1) is 5.39 Å². The van der Waals surface area contributed by atoms with Crippen LogP contribution in [0.25, 0.3) is 11.0 Å². The largest absolute Gasteiger partial charge is 0.461 e. The Morgan fingerprint density at radius 2 is 2.06 bits per heavy atom. The fraction of sp³-hybridized carbons (Fsp3) is 0.308. The van der Waals surface area contributed by atoms with Crippen LogP contribution in [-0.2, 0) is 6.42 Å². The summed E-state index contributed by atoms with van der Waals surface area (Å²) in [6.07, 6.45) is 0.561. The monoisotopic (exact) mass is 251 g/mol. The van der Waals surface area contributed by atoms with Crippen molar-refractivity contribution in [2.24, 2.45) is 5.73 Å². The Morgan fingerprint density at radius 1 is 1.35 bits per heavy atom. The zero-order chi connectivity index (χ0) is 12.6. The molecule has 0 saturated carbocycles. The molecule has 3 nitrogen and oxygen atoms in total. The van der Waals surface area contributed by atoms with Crippen LogP contribution in [-0.4, -0.2) is 6.54 Å². The van der Waals surface area contributed by atoms with Gasteiger partial charge in [0, 0.05) is 17.5 Å². The van der Waals surface area contributed by atoms with E-state index in [4.69, 9.17) is 21.8 Å². The fourth-order valence-electron chi connectivity index (χ4n) is 1.96. The summed E-state index contributed by atoms with van der Waals surface area (Å²) in [7, 11) is 0. The van der Waals surface area contributed by atoms with Gasteiger partial charge in [0.2, 0.25) is 0 Å². The number of rotatable bonds is 2. The molecule has 0 spiro atoms. The number of nitrogens with two attached hydrogens (primary N) is 1.